The predicted octanol–water partition coefficient (Wildman–Crippen LogP) is 4.48. The molecule has 0 aliphatic rings. The van der Waals surface area contributed by atoms with Gasteiger partial charge in [-0.3, -0.25) is 9.59 Å². The molecule has 144 valence electrons. The van der Waals surface area contributed by atoms with E-state index in [1.165, 1.54) is 41.1 Å². The minimum absolute atomic E-state index is 0.0873. The second-order valence-corrected chi connectivity index (χ2v) is 6.37. The zero-order chi connectivity index (χ0) is 20.3. The third-order valence-corrected chi connectivity index (χ3v) is 4.16. The van der Waals surface area contributed by atoms with Crippen LogP contribution in [0.1, 0.15) is 27.0 Å². The molecule has 28 heavy (non-hydrogen) atoms. The highest BCUT2D eigenvalue weighted by Gasteiger charge is 2.33. The molecule has 2 aromatic carbocycles. The summed E-state index contributed by atoms with van der Waals surface area (Å²) in [6.45, 7) is 2.18. The van der Waals surface area contributed by atoms with Crippen LogP contribution in [0.5, 0.6) is 0 Å². The van der Waals surface area contributed by atoms with Crippen LogP contribution >= 0.6 is 0 Å². The molecular weight excluding hydrogens is 369 g/mol. The van der Waals surface area contributed by atoms with Crippen LogP contribution in [0.3, 0.4) is 0 Å². The number of carbonyl (C=O) groups excluding carboxylic acids is 1. The van der Waals surface area contributed by atoms with E-state index in [1.807, 2.05) is 31.2 Å². The highest BCUT2D eigenvalue weighted by molar-refractivity contribution is 6.04. The third kappa shape index (κ3) is 4.49. The largest absolute Gasteiger partial charge is 0.418 e. The van der Waals surface area contributed by atoms with Crippen LogP contribution in [0.15, 0.2) is 71.7 Å². The Morgan fingerprint density at radius 1 is 1.04 bits per heavy atom. The molecule has 0 aliphatic heterocycles. The Morgan fingerprint density at radius 2 is 1.79 bits per heavy atom. The van der Waals surface area contributed by atoms with Gasteiger partial charge in [-0.05, 0) is 30.7 Å². The standard InChI is InChI=1S/C21H17F3N2O2/c1-14-5-4-6-15(11-14)12-26-13-16(9-10-19(26)27)20(28)25-18-8-3-2-7-17(18)21(22,23)24/h2-11,13H,12H2,1H3,(H,25,28). The number of pyridine rings is 1. The average molecular weight is 386 g/mol. The molecule has 0 radical (unpaired) electrons. The molecule has 1 amide bonds. The Hall–Kier alpha value is -3.35. The normalized spacial score (nSPS) is 11.3. The van der Waals surface area contributed by atoms with Gasteiger partial charge in [0, 0.05) is 12.3 Å². The number of aryl methyl sites for hydroxylation is 1. The first-order valence-corrected chi connectivity index (χ1v) is 8.47. The van der Waals surface area contributed by atoms with E-state index in [0.717, 1.165) is 17.2 Å². The minimum atomic E-state index is -4.59. The molecular formula is C21H17F3N2O2. The molecule has 1 aromatic heterocycles. The van der Waals surface area contributed by atoms with Crippen molar-refractivity contribution in [2.45, 2.75) is 19.6 Å². The van der Waals surface area contributed by atoms with Crippen LogP contribution < -0.4 is 10.9 Å². The van der Waals surface area contributed by atoms with Gasteiger partial charge in [0.25, 0.3) is 11.5 Å². The number of nitrogens with zero attached hydrogens (tertiary/aromatic N) is 1. The third-order valence-electron chi connectivity index (χ3n) is 4.16. The van der Waals surface area contributed by atoms with Crippen molar-refractivity contribution in [3.8, 4) is 0 Å². The number of rotatable bonds is 4. The lowest BCUT2D eigenvalue weighted by molar-refractivity contribution is -0.136. The van der Waals surface area contributed by atoms with Gasteiger partial charge in [0.2, 0.25) is 0 Å². The van der Waals surface area contributed by atoms with Gasteiger partial charge < -0.3 is 9.88 Å². The van der Waals surface area contributed by atoms with E-state index in [1.54, 1.807) is 0 Å². The molecule has 4 nitrogen and oxygen atoms in total. The van der Waals surface area contributed by atoms with Crippen molar-refractivity contribution in [3.63, 3.8) is 0 Å². The van der Waals surface area contributed by atoms with Crippen LogP contribution in [0, 0.1) is 6.92 Å². The Morgan fingerprint density at radius 3 is 2.50 bits per heavy atom. The average Bonchev–Trinajstić information content (AvgIpc) is 2.63. The van der Waals surface area contributed by atoms with E-state index in [-0.39, 0.29) is 23.4 Å². The maximum atomic E-state index is 13.1. The van der Waals surface area contributed by atoms with Gasteiger partial charge in [-0.15, -0.1) is 0 Å². The lowest BCUT2D eigenvalue weighted by Crippen LogP contribution is -2.23. The Labute approximate surface area is 159 Å². The number of hydrogen-bond acceptors (Lipinski definition) is 2. The lowest BCUT2D eigenvalue weighted by Gasteiger charge is -2.14. The maximum absolute atomic E-state index is 13.1. The molecule has 0 saturated carbocycles. The van der Waals surface area contributed by atoms with E-state index in [0.29, 0.717) is 0 Å². The Kier molecular flexibility index (Phi) is 5.35. The number of benzene rings is 2. The highest BCUT2D eigenvalue weighted by atomic mass is 19.4. The number of hydrogen-bond donors (Lipinski definition) is 1. The number of nitrogens with one attached hydrogen (secondary N) is 1. The summed E-state index contributed by atoms with van der Waals surface area (Å²) in [7, 11) is 0. The SMILES string of the molecule is Cc1cccc(Cn2cc(C(=O)Nc3ccccc3C(F)(F)F)ccc2=O)c1. The van der Waals surface area contributed by atoms with E-state index >= 15 is 0 Å². The number of para-hydroxylation sites is 1. The van der Waals surface area contributed by atoms with E-state index in [9.17, 15) is 22.8 Å². The van der Waals surface area contributed by atoms with Crippen LogP contribution in [0.25, 0.3) is 0 Å². The molecule has 0 spiro atoms. The van der Waals surface area contributed by atoms with Crippen LogP contribution in [-0.4, -0.2) is 10.5 Å². The number of alkyl halides is 3. The van der Waals surface area contributed by atoms with E-state index in [4.69, 9.17) is 0 Å². The molecule has 0 fully saturated rings. The molecule has 0 atom stereocenters. The quantitative estimate of drug-likeness (QED) is 0.719. The molecule has 0 unspecified atom stereocenters. The van der Waals surface area contributed by atoms with Crippen molar-refractivity contribution in [2.24, 2.45) is 0 Å². The molecule has 3 aromatic rings. The summed E-state index contributed by atoms with van der Waals surface area (Å²) < 4.78 is 40.6. The Bertz CT molecular complexity index is 1070. The first-order valence-electron chi connectivity index (χ1n) is 8.47. The summed E-state index contributed by atoms with van der Waals surface area (Å²) in [5, 5.41) is 2.28. The first kappa shape index (κ1) is 19.4. The van der Waals surface area contributed by atoms with Gasteiger partial charge in [-0.1, -0.05) is 42.0 Å². The second-order valence-electron chi connectivity index (χ2n) is 6.37. The summed E-state index contributed by atoms with van der Waals surface area (Å²) in [4.78, 5) is 24.6. The van der Waals surface area contributed by atoms with Gasteiger partial charge in [0.05, 0.1) is 23.4 Å². The van der Waals surface area contributed by atoms with Crippen LogP contribution in [0.4, 0.5) is 18.9 Å². The fourth-order valence-corrected chi connectivity index (χ4v) is 2.83. The number of aromatic nitrogens is 1. The monoisotopic (exact) mass is 386 g/mol. The molecule has 1 N–H and O–H groups in total. The van der Waals surface area contributed by atoms with Crippen molar-refractivity contribution in [1.29, 1.82) is 0 Å². The summed E-state index contributed by atoms with van der Waals surface area (Å²) in [6.07, 6.45) is -3.25. The zero-order valence-corrected chi connectivity index (χ0v) is 15.0. The minimum Gasteiger partial charge on any atom is -0.321 e. The number of carbonyl (C=O) groups is 1. The van der Waals surface area contributed by atoms with Gasteiger partial charge in [-0.2, -0.15) is 13.2 Å². The zero-order valence-electron chi connectivity index (χ0n) is 15.0. The summed E-state index contributed by atoms with van der Waals surface area (Å²) >= 11 is 0. The lowest BCUT2D eigenvalue weighted by atomic mass is 10.1. The Balaban J connectivity index is 1.87. The summed E-state index contributed by atoms with van der Waals surface area (Å²) in [5.74, 6) is -0.727. The molecule has 7 heteroatoms. The molecule has 3 rings (SSSR count). The number of amides is 1. The smallest absolute Gasteiger partial charge is 0.321 e. The predicted molar refractivity (Wildman–Crippen MR) is 100 cm³/mol. The topological polar surface area (TPSA) is 51.1 Å². The van der Waals surface area contributed by atoms with Crippen molar-refractivity contribution >= 4 is 11.6 Å². The summed E-state index contributed by atoms with van der Waals surface area (Å²) in [5.41, 5.74) is 0.413. The van der Waals surface area contributed by atoms with Crippen LogP contribution in [-0.2, 0) is 12.7 Å². The molecule has 0 saturated heterocycles. The van der Waals surface area contributed by atoms with Crippen molar-refractivity contribution in [3.05, 3.63) is 99.5 Å². The number of anilines is 1. The molecule has 1 heterocycles. The highest BCUT2D eigenvalue weighted by Crippen LogP contribution is 2.34. The van der Waals surface area contributed by atoms with Gasteiger partial charge in [0.1, 0.15) is 0 Å². The van der Waals surface area contributed by atoms with Gasteiger partial charge in [0.15, 0.2) is 0 Å². The molecule has 0 bridgehead atoms. The van der Waals surface area contributed by atoms with E-state index < -0.39 is 17.6 Å². The van der Waals surface area contributed by atoms with Crippen molar-refractivity contribution < 1.29 is 18.0 Å². The first-order chi connectivity index (χ1) is 13.2. The van der Waals surface area contributed by atoms with Gasteiger partial charge >= 0.3 is 6.18 Å². The van der Waals surface area contributed by atoms with E-state index in [2.05, 4.69) is 5.32 Å². The van der Waals surface area contributed by atoms with Crippen LogP contribution in [0.2, 0.25) is 0 Å². The van der Waals surface area contributed by atoms with Crippen molar-refractivity contribution in [2.75, 3.05) is 5.32 Å². The van der Waals surface area contributed by atoms with Gasteiger partial charge in [-0.25, -0.2) is 0 Å². The maximum Gasteiger partial charge on any atom is 0.418 e. The van der Waals surface area contributed by atoms with Crippen molar-refractivity contribution in [1.82, 2.24) is 4.57 Å². The fourth-order valence-electron chi connectivity index (χ4n) is 2.83. The number of halogens is 3. The molecule has 0 aliphatic carbocycles. The second kappa shape index (κ2) is 7.72. The summed E-state index contributed by atoms with van der Waals surface area (Å²) in [6, 6.07) is 14.8. The fraction of sp³-hybridized carbons (Fsp3) is 0.143.